The molecule has 0 bridgehead atoms. The molecule has 0 aliphatic carbocycles. The zero-order valence-corrected chi connectivity index (χ0v) is 8.64. The van der Waals surface area contributed by atoms with Gasteiger partial charge in [0.1, 0.15) is 0 Å². The first-order chi connectivity index (χ1) is 8.25. The van der Waals surface area contributed by atoms with E-state index in [-0.39, 0.29) is 0 Å². The Kier molecular flexibility index (Phi) is 2.11. The van der Waals surface area contributed by atoms with E-state index in [9.17, 15) is 8.78 Å². The summed E-state index contributed by atoms with van der Waals surface area (Å²) in [4.78, 5) is 4.15. The second-order valence-electron chi connectivity index (χ2n) is 3.58. The molecule has 3 rings (SSSR count). The average molecular weight is 231 g/mol. The van der Waals surface area contributed by atoms with Crippen LogP contribution >= 0.6 is 0 Å². The number of nitrogens with zero attached hydrogens (tertiary/aromatic N) is 3. The molecule has 0 aliphatic heterocycles. The summed E-state index contributed by atoms with van der Waals surface area (Å²) in [7, 11) is 0. The fourth-order valence-corrected chi connectivity index (χ4v) is 1.69. The van der Waals surface area contributed by atoms with E-state index in [0.717, 1.165) is 12.1 Å². The van der Waals surface area contributed by atoms with Crippen molar-refractivity contribution in [2.24, 2.45) is 0 Å². The van der Waals surface area contributed by atoms with Crippen LogP contribution in [0, 0.1) is 11.6 Å². The summed E-state index contributed by atoms with van der Waals surface area (Å²) in [6.07, 6.45) is 4.95. The summed E-state index contributed by atoms with van der Waals surface area (Å²) in [5.41, 5.74) is 1.83. The number of hydrogen-bond donors (Lipinski definition) is 0. The van der Waals surface area contributed by atoms with Crippen molar-refractivity contribution in [3.05, 3.63) is 54.5 Å². The predicted molar refractivity (Wildman–Crippen MR) is 58.3 cm³/mol. The summed E-state index contributed by atoms with van der Waals surface area (Å²) in [5, 5.41) is 4.09. The lowest BCUT2D eigenvalue weighted by Crippen LogP contribution is -1.89. The van der Waals surface area contributed by atoms with Gasteiger partial charge in [-0.15, -0.1) is 0 Å². The summed E-state index contributed by atoms with van der Waals surface area (Å²) in [6, 6.07) is 5.48. The first-order valence-corrected chi connectivity index (χ1v) is 4.99. The number of benzene rings is 1. The van der Waals surface area contributed by atoms with Crippen LogP contribution in [0.15, 0.2) is 42.9 Å². The number of halogens is 2. The van der Waals surface area contributed by atoms with E-state index in [2.05, 4.69) is 10.1 Å². The molecule has 1 aromatic carbocycles. The number of fused-ring (bicyclic) bond motifs is 1. The molecule has 0 saturated carbocycles. The summed E-state index contributed by atoms with van der Waals surface area (Å²) in [5.74, 6) is -1.74. The van der Waals surface area contributed by atoms with E-state index in [1.807, 2.05) is 0 Å². The molecule has 0 aliphatic rings. The smallest absolute Gasteiger partial charge is 0.162 e. The Morgan fingerprint density at radius 1 is 1.12 bits per heavy atom. The largest absolute Gasteiger partial charge is 0.236 e. The third kappa shape index (κ3) is 1.56. The topological polar surface area (TPSA) is 30.2 Å². The standard InChI is InChI=1S/C12H7F2N3/c13-10-3-2-8(6-11(10)14)9-7-16-17-5-1-4-15-12(9)17/h1-7H. The second kappa shape index (κ2) is 3.62. The Hall–Kier alpha value is -2.30. The second-order valence-corrected chi connectivity index (χ2v) is 3.58. The SMILES string of the molecule is Fc1ccc(-c2cnn3cccnc23)cc1F. The maximum absolute atomic E-state index is 13.1. The van der Waals surface area contributed by atoms with Crippen molar-refractivity contribution in [2.45, 2.75) is 0 Å². The van der Waals surface area contributed by atoms with Gasteiger partial charge >= 0.3 is 0 Å². The van der Waals surface area contributed by atoms with Crippen molar-refractivity contribution in [1.82, 2.24) is 14.6 Å². The molecule has 2 aromatic heterocycles. The van der Waals surface area contributed by atoms with Crippen LogP contribution in [0.2, 0.25) is 0 Å². The molecule has 0 atom stereocenters. The third-order valence-electron chi connectivity index (χ3n) is 2.51. The van der Waals surface area contributed by atoms with Crippen LogP contribution in [0.3, 0.4) is 0 Å². The Balaban J connectivity index is 2.24. The van der Waals surface area contributed by atoms with E-state index >= 15 is 0 Å². The number of rotatable bonds is 1. The highest BCUT2D eigenvalue weighted by atomic mass is 19.2. The van der Waals surface area contributed by atoms with Gasteiger partial charge in [-0.25, -0.2) is 18.3 Å². The van der Waals surface area contributed by atoms with Crippen molar-refractivity contribution < 1.29 is 8.78 Å². The minimum Gasteiger partial charge on any atom is -0.236 e. The van der Waals surface area contributed by atoms with Crippen molar-refractivity contribution in [3.8, 4) is 11.1 Å². The van der Waals surface area contributed by atoms with E-state index in [1.165, 1.54) is 6.07 Å². The normalized spacial score (nSPS) is 10.9. The Labute approximate surface area is 95.3 Å². The first-order valence-electron chi connectivity index (χ1n) is 4.99. The summed E-state index contributed by atoms with van der Waals surface area (Å²) in [6.45, 7) is 0. The Morgan fingerprint density at radius 2 is 2.00 bits per heavy atom. The zero-order chi connectivity index (χ0) is 11.8. The van der Waals surface area contributed by atoms with Crippen LogP contribution in [0.25, 0.3) is 16.8 Å². The monoisotopic (exact) mass is 231 g/mol. The Bertz CT molecular complexity index is 691. The van der Waals surface area contributed by atoms with E-state index in [4.69, 9.17) is 0 Å². The lowest BCUT2D eigenvalue weighted by Gasteiger charge is -1.99. The number of hydrogen-bond acceptors (Lipinski definition) is 2. The van der Waals surface area contributed by atoms with Gasteiger partial charge in [-0.05, 0) is 23.8 Å². The highest BCUT2D eigenvalue weighted by Crippen LogP contribution is 2.24. The predicted octanol–water partition coefficient (Wildman–Crippen LogP) is 2.67. The molecule has 0 N–H and O–H groups in total. The molecule has 3 aromatic rings. The zero-order valence-electron chi connectivity index (χ0n) is 8.64. The molecule has 84 valence electrons. The minimum atomic E-state index is -0.877. The maximum atomic E-state index is 13.1. The van der Waals surface area contributed by atoms with E-state index in [0.29, 0.717) is 16.8 Å². The van der Waals surface area contributed by atoms with Gasteiger partial charge in [0.2, 0.25) is 0 Å². The lowest BCUT2D eigenvalue weighted by molar-refractivity contribution is 0.509. The van der Waals surface area contributed by atoms with Crippen molar-refractivity contribution in [1.29, 1.82) is 0 Å². The molecule has 0 radical (unpaired) electrons. The lowest BCUT2D eigenvalue weighted by atomic mass is 10.1. The van der Waals surface area contributed by atoms with E-state index in [1.54, 1.807) is 29.2 Å². The Morgan fingerprint density at radius 3 is 2.82 bits per heavy atom. The summed E-state index contributed by atoms with van der Waals surface area (Å²) >= 11 is 0. The van der Waals surface area contributed by atoms with Gasteiger partial charge in [0.15, 0.2) is 17.3 Å². The first kappa shape index (κ1) is 9.89. The maximum Gasteiger partial charge on any atom is 0.162 e. The summed E-state index contributed by atoms with van der Waals surface area (Å²) < 4.78 is 27.6. The van der Waals surface area contributed by atoms with Gasteiger partial charge in [-0.1, -0.05) is 6.07 Å². The van der Waals surface area contributed by atoms with Gasteiger partial charge in [0.25, 0.3) is 0 Å². The van der Waals surface area contributed by atoms with Gasteiger partial charge in [-0.3, -0.25) is 0 Å². The molecule has 0 saturated heterocycles. The third-order valence-corrected chi connectivity index (χ3v) is 2.51. The molecular formula is C12H7F2N3. The van der Waals surface area contributed by atoms with Gasteiger partial charge in [0.05, 0.1) is 6.20 Å². The molecule has 17 heavy (non-hydrogen) atoms. The molecule has 5 heteroatoms. The van der Waals surface area contributed by atoms with Crippen LogP contribution in [-0.2, 0) is 0 Å². The highest BCUT2D eigenvalue weighted by Gasteiger charge is 2.09. The van der Waals surface area contributed by atoms with Gasteiger partial charge < -0.3 is 0 Å². The van der Waals surface area contributed by atoms with Crippen molar-refractivity contribution >= 4 is 5.65 Å². The molecule has 0 fully saturated rings. The molecule has 3 nitrogen and oxygen atoms in total. The van der Waals surface area contributed by atoms with Gasteiger partial charge in [0, 0.05) is 18.0 Å². The molecule has 0 amide bonds. The molecular weight excluding hydrogens is 224 g/mol. The van der Waals surface area contributed by atoms with Crippen molar-refractivity contribution in [3.63, 3.8) is 0 Å². The quantitative estimate of drug-likeness (QED) is 0.644. The highest BCUT2D eigenvalue weighted by molar-refractivity contribution is 5.76. The molecule has 2 heterocycles. The fraction of sp³-hybridized carbons (Fsp3) is 0. The molecule has 0 spiro atoms. The van der Waals surface area contributed by atoms with Crippen LogP contribution in [0.1, 0.15) is 0 Å². The van der Waals surface area contributed by atoms with Gasteiger partial charge in [-0.2, -0.15) is 5.10 Å². The van der Waals surface area contributed by atoms with Crippen LogP contribution in [0.5, 0.6) is 0 Å². The minimum absolute atomic E-state index is 0.553. The molecule has 0 unspecified atom stereocenters. The van der Waals surface area contributed by atoms with E-state index < -0.39 is 11.6 Å². The van der Waals surface area contributed by atoms with Crippen LogP contribution in [0.4, 0.5) is 8.78 Å². The average Bonchev–Trinajstić information content (AvgIpc) is 2.76. The van der Waals surface area contributed by atoms with Crippen LogP contribution in [-0.4, -0.2) is 14.6 Å². The van der Waals surface area contributed by atoms with Crippen molar-refractivity contribution in [2.75, 3.05) is 0 Å². The number of aromatic nitrogens is 3. The fourth-order valence-electron chi connectivity index (χ4n) is 1.69. The van der Waals surface area contributed by atoms with Crippen LogP contribution < -0.4 is 0 Å².